The lowest BCUT2D eigenvalue weighted by Crippen LogP contribution is -2.08. The molecule has 100 valence electrons. The van der Waals surface area contributed by atoms with Gasteiger partial charge in [-0.15, -0.1) is 11.6 Å². The molecule has 0 bridgehead atoms. The molecule has 0 aliphatic rings. The van der Waals surface area contributed by atoms with E-state index in [4.69, 9.17) is 23.2 Å². The molecule has 0 N–H and O–H groups in total. The van der Waals surface area contributed by atoms with Gasteiger partial charge in [-0.25, -0.2) is 8.78 Å². The van der Waals surface area contributed by atoms with Crippen molar-refractivity contribution in [1.29, 1.82) is 0 Å². The predicted molar refractivity (Wildman–Crippen MR) is 75.0 cm³/mol. The van der Waals surface area contributed by atoms with Crippen molar-refractivity contribution in [3.8, 4) is 0 Å². The standard InChI is InChI=1S/C15H12Cl2F2/c16-9-11(13-3-1-2-4-14(13)18)7-10-5-6-12(17)8-15(10)19/h1-6,8,11H,7,9H2. The third kappa shape index (κ3) is 3.46. The van der Waals surface area contributed by atoms with Crippen molar-refractivity contribution in [3.05, 3.63) is 70.2 Å². The number of hydrogen-bond acceptors (Lipinski definition) is 0. The van der Waals surface area contributed by atoms with Gasteiger partial charge in [-0.3, -0.25) is 0 Å². The van der Waals surface area contributed by atoms with Crippen molar-refractivity contribution in [1.82, 2.24) is 0 Å². The van der Waals surface area contributed by atoms with Gasteiger partial charge in [0.1, 0.15) is 11.6 Å². The van der Waals surface area contributed by atoms with Crippen LogP contribution in [0.3, 0.4) is 0 Å². The Balaban J connectivity index is 2.27. The Labute approximate surface area is 121 Å². The highest BCUT2D eigenvalue weighted by atomic mass is 35.5. The van der Waals surface area contributed by atoms with Crippen molar-refractivity contribution in [2.75, 3.05) is 5.88 Å². The van der Waals surface area contributed by atoms with Crippen LogP contribution in [0, 0.1) is 11.6 Å². The first-order valence-electron chi connectivity index (χ1n) is 5.86. The van der Waals surface area contributed by atoms with Crippen molar-refractivity contribution in [2.24, 2.45) is 0 Å². The van der Waals surface area contributed by atoms with Gasteiger partial charge in [-0.05, 0) is 35.7 Å². The quantitative estimate of drug-likeness (QED) is 0.682. The van der Waals surface area contributed by atoms with E-state index >= 15 is 0 Å². The molecule has 2 aromatic carbocycles. The summed E-state index contributed by atoms with van der Waals surface area (Å²) in [5.41, 5.74) is 0.991. The molecule has 0 aromatic heterocycles. The van der Waals surface area contributed by atoms with Gasteiger partial charge in [0.2, 0.25) is 0 Å². The van der Waals surface area contributed by atoms with Crippen LogP contribution in [0.1, 0.15) is 17.0 Å². The zero-order valence-corrected chi connectivity index (χ0v) is 11.6. The minimum atomic E-state index is -0.390. The second-order valence-corrected chi connectivity index (χ2v) is 5.06. The molecule has 0 aliphatic carbocycles. The molecule has 2 aromatic rings. The fourth-order valence-corrected chi connectivity index (χ4v) is 2.44. The number of halogens is 4. The van der Waals surface area contributed by atoms with Gasteiger partial charge in [0.15, 0.2) is 0 Å². The first-order valence-corrected chi connectivity index (χ1v) is 6.77. The SMILES string of the molecule is Fc1cc(Cl)ccc1CC(CCl)c1ccccc1F. The van der Waals surface area contributed by atoms with Gasteiger partial charge in [0.25, 0.3) is 0 Å². The average Bonchev–Trinajstić information content (AvgIpc) is 2.39. The highest BCUT2D eigenvalue weighted by Crippen LogP contribution is 2.26. The molecule has 0 heterocycles. The first kappa shape index (κ1) is 14.3. The van der Waals surface area contributed by atoms with Crippen molar-refractivity contribution >= 4 is 23.2 Å². The van der Waals surface area contributed by atoms with E-state index in [9.17, 15) is 8.78 Å². The van der Waals surface area contributed by atoms with E-state index in [0.29, 0.717) is 22.6 Å². The maximum atomic E-state index is 13.7. The molecule has 0 nitrogen and oxygen atoms in total. The zero-order valence-electron chi connectivity index (χ0n) is 10.0. The smallest absolute Gasteiger partial charge is 0.127 e. The lowest BCUT2D eigenvalue weighted by atomic mass is 9.93. The summed E-state index contributed by atoms with van der Waals surface area (Å²) in [5, 5.41) is 0.342. The first-order chi connectivity index (χ1) is 9.11. The van der Waals surface area contributed by atoms with Crippen LogP contribution >= 0.6 is 23.2 Å². The molecule has 2 rings (SSSR count). The molecule has 0 aliphatic heterocycles. The number of alkyl halides is 1. The van der Waals surface area contributed by atoms with Crippen LogP contribution in [-0.4, -0.2) is 5.88 Å². The van der Waals surface area contributed by atoms with Crippen molar-refractivity contribution in [3.63, 3.8) is 0 Å². The van der Waals surface area contributed by atoms with Crippen LogP contribution in [0.2, 0.25) is 5.02 Å². The Morgan fingerprint density at radius 2 is 1.74 bits per heavy atom. The number of hydrogen-bond donors (Lipinski definition) is 0. The summed E-state index contributed by atoms with van der Waals surface area (Å²) in [7, 11) is 0. The average molecular weight is 301 g/mol. The summed E-state index contributed by atoms with van der Waals surface area (Å²) >= 11 is 11.6. The normalized spacial score (nSPS) is 12.4. The van der Waals surface area contributed by atoms with Crippen molar-refractivity contribution in [2.45, 2.75) is 12.3 Å². The minimum Gasteiger partial charge on any atom is -0.207 e. The highest BCUT2D eigenvalue weighted by molar-refractivity contribution is 6.30. The van der Waals surface area contributed by atoms with Crippen LogP contribution in [0.4, 0.5) is 8.78 Å². The fourth-order valence-electron chi connectivity index (χ4n) is 2.01. The molecule has 1 atom stereocenters. The van der Waals surface area contributed by atoms with Crippen LogP contribution in [-0.2, 0) is 6.42 Å². The Bertz CT molecular complexity index is 570. The second-order valence-electron chi connectivity index (χ2n) is 4.31. The summed E-state index contributed by atoms with van der Waals surface area (Å²) in [6, 6.07) is 10.9. The minimum absolute atomic E-state index is 0.225. The number of benzene rings is 2. The third-order valence-corrected chi connectivity index (χ3v) is 3.62. The monoisotopic (exact) mass is 300 g/mol. The van der Waals surface area contributed by atoms with Gasteiger partial charge in [0.05, 0.1) is 0 Å². The van der Waals surface area contributed by atoms with E-state index in [1.807, 2.05) is 0 Å². The van der Waals surface area contributed by atoms with Crippen molar-refractivity contribution < 1.29 is 8.78 Å². The highest BCUT2D eigenvalue weighted by Gasteiger charge is 2.17. The van der Waals surface area contributed by atoms with E-state index in [0.717, 1.165) is 0 Å². The van der Waals surface area contributed by atoms with Gasteiger partial charge in [-0.1, -0.05) is 35.9 Å². The molecule has 0 spiro atoms. The summed E-state index contributed by atoms with van der Waals surface area (Å²) < 4.78 is 27.5. The van der Waals surface area contributed by atoms with E-state index in [-0.39, 0.29) is 23.4 Å². The predicted octanol–water partition coefficient (Wildman–Crippen LogP) is 5.18. The lowest BCUT2D eigenvalue weighted by molar-refractivity contribution is 0.572. The zero-order chi connectivity index (χ0) is 13.8. The molecule has 0 saturated heterocycles. The van der Waals surface area contributed by atoms with E-state index in [1.54, 1.807) is 30.3 Å². The summed E-state index contributed by atoms with van der Waals surface area (Å²) in [6.07, 6.45) is 0.341. The fraction of sp³-hybridized carbons (Fsp3) is 0.200. The van der Waals surface area contributed by atoms with Gasteiger partial charge in [0, 0.05) is 16.8 Å². The van der Waals surface area contributed by atoms with Gasteiger partial charge < -0.3 is 0 Å². The van der Waals surface area contributed by atoms with Gasteiger partial charge in [-0.2, -0.15) is 0 Å². The topological polar surface area (TPSA) is 0 Å². The molecular weight excluding hydrogens is 289 g/mol. The summed E-state index contributed by atoms with van der Waals surface area (Å²) in [6.45, 7) is 0. The second kappa shape index (κ2) is 6.36. The molecule has 0 radical (unpaired) electrons. The lowest BCUT2D eigenvalue weighted by Gasteiger charge is -2.15. The summed E-state index contributed by atoms with van der Waals surface area (Å²) in [5.74, 6) is -0.747. The maximum Gasteiger partial charge on any atom is 0.127 e. The molecule has 4 heteroatoms. The molecule has 19 heavy (non-hydrogen) atoms. The number of rotatable bonds is 4. The van der Waals surface area contributed by atoms with Crippen LogP contribution in [0.5, 0.6) is 0 Å². The maximum absolute atomic E-state index is 13.7. The van der Waals surface area contributed by atoms with Crippen LogP contribution in [0.25, 0.3) is 0 Å². The Hall–Kier alpha value is -1.12. The molecule has 0 amide bonds. The third-order valence-electron chi connectivity index (χ3n) is 3.01. The Morgan fingerprint density at radius 1 is 1.00 bits per heavy atom. The van der Waals surface area contributed by atoms with E-state index in [2.05, 4.69) is 0 Å². The molecule has 0 saturated carbocycles. The van der Waals surface area contributed by atoms with Gasteiger partial charge >= 0.3 is 0 Å². The molecular formula is C15H12Cl2F2. The molecule has 1 unspecified atom stereocenters. The largest absolute Gasteiger partial charge is 0.207 e. The van der Waals surface area contributed by atoms with Crippen LogP contribution in [0.15, 0.2) is 42.5 Å². The Kier molecular flexibility index (Phi) is 4.78. The van der Waals surface area contributed by atoms with E-state index < -0.39 is 0 Å². The van der Waals surface area contributed by atoms with E-state index in [1.165, 1.54) is 12.1 Å². The summed E-state index contributed by atoms with van der Waals surface area (Å²) in [4.78, 5) is 0. The molecule has 0 fully saturated rings. The van der Waals surface area contributed by atoms with Crippen LogP contribution < -0.4 is 0 Å². The Morgan fingerprint density at radius 3 is 2.37 bits per heavy atom.